The fourth-order valence-corrected chi connectivity index (χ4v) is 6.99. The molecule has 1 heterocycles. The number of benzene rings is 1. The van der Waals surface area contributed by atoms with Crippen LogP contribution < -0.4 is 0 Å². The first-order chi connectivity index (χ1) is 25.0. The van der Waals surface area contributed by atoms with Gasteiger partial charge < -0.3 is 28.4 Å². The number of β-amino-alcohol motifs (C(OH)–C–C–N with tert-alkyl or cyclic N) is 1. The first kappa shape index (κ1) is 46.4. The summed E-state index contributed by atoms with van der Waals surface area (Å²) in [5, 5.41) is 11.0. The van der Waals surface area contributed by atoms with Crippen LogP contribution in [-0.2, 0) is 39.5 Å². The number of hydrogen-bond donors (Lipinski definition) is 1. The summed E-state index contributed by atoms with van der Waals surface area (Å²) in [5.74, 6) is -0.475. The van der Waals surface area contributed by atoms with Gasteiger partial charge in [-0.25, -0.2) is 0 Å². The summed E-state index contributed by atoms with van der Waals surface area (Å²) in [7, 11) is -1.12. The van der Waals surface area contributed by atoms with Gasteiger partial charge in [-0.05, 0) is 45.6 Å². The molecule has 52 heavy (non-hydrogen) atoms. The second-order valence-electron chi connectivity index (χ2n) is 14.6. The van der Waals surface area contributed by atoms with Crippen molar-refractivity contribution in [1.82, 2.24) is 19.6 Å². The van der Waals surface area contributed by atoms with Crippen LogP contribution in [0.3, 0.4) is 0 Å². The molecule has 0 aromatic heterocycles. The van der Waals surface area contributed by atoms with Gasteiger partial charge in [0.05, 0.1) is 58.5 Å². The summed E-state index contributed by atoms with van der Waals surface area (Å²) in [6, 6.07) is 9.93. The van der Waals surface area contributed by atoms with Crippen molar-refractivity contribution >= 4 is 20.3 Å². The van der Waals surface area contributed by atoms with E-state index in [-0.39, 0.29) is 31.6 Å². The molecule has 0 bridgehead atoms. The number of hydrogen-bond acceptors (Lipinski definition) is 12. The first-order valence-electron chi connectivity index (χ1n) is 19.6. The number of ether oxygens (including phenoxy) is 3. The number of carbonyl (C=O) groups excluding carboxylic acids is 2. The molecule has 1 atom stereocenters. The van der Waals surface area contributed by atoms with Crippen molar-refractivity contribution in [1.29, 1.82) is 0 Å². The van der Waals surface area contributed by atoms with Gasteiger partial charge >= 0.3 is 11.9 Å². The zero-order chi connectivity index (χ0) is 38.0. The van der Waals surface area contributed by atoms with Crippen LogP contribution in [0.2, 0.25) is 0 Å². The Kier molecular flexibility index (Phi) is 24.8. The summed E-state index contributed by atoms with van der Waals surface area (Å²) < 4.78 is 29.7. The van der Waals surface area contributed by atoms with Crippen molar-refractivity contribution in [2.45, 2.75) is 98.4 Å². The van der Waals surface area contributed by atoms with E-state index in [0.717, 1.165) is 44.1 Å². The van der Waals surface area contributed by atoms with Gasteiger partial charge in [-0.2, -0.15) is 0 Å². The van der Waals surface area contributed by atoms with Gasteiger partial charge in [-0.15, -0.1) is 0 Å². The standard InChI is InChI=1S/C39H71N4O8P/c1-7-10-26-48-37(45)30-41-20-18-40(29-36(44)33-47-32-35-16-14-13-15-17-35)19-21-42(31-38(46)51-39(4,5)6)23-25-43(24-22-41)34-52(49-27-11-8-2)50-28-12-9-3/h13-17,36,44H,7-12,18-34H2,1-6H3. The topological polar surface area (TPSA) is 113 Å². The van der Waals surface area contributed by atoms with E-state index in [1.54, 1.807) is 0 Å². The maximum Gasteiger partial charge on any atom is 0.320 e. The second-order valence-corrected chi connectivity index (χ2v) is 16.1. The molecular weight excluding hydrogens is 683 g/mol. The van der Waals surface area contributed by atoms with E-state index in [9.17, 15) is 14.7 Å². The lowest BCUT2D eigenvalue weighted by molar-refractivity contribution is -0.156. The second kappa shape index (κ2) is 27.8. The molecule has 1 aromatic carbocycles. The molecule has 12 nitrogen and oxygen atoms in total. The number of unbranched alkanes of at least 4 members (excludes halogenated alkanes) is 3. The van der Waals surface area contributed by atoms with Gasteiger partial charge in [0.1, 0.15) is 5.60 Å². The van der Waals surface area contributed by atoms with Gasteiger partial charge in [0.15, 0.2) is 8.38 Å². The highest BCUT2D eigenvalue weighted by atomic mass is 31.2. The molecule has 1 N–H and O–H groups in total. The normalized spacial score (nSPS) is 17.1. The summed E-state index contributed by atoms with van der Waals surface area (Å²) in [6.07, 6.45) is 5.84. The molecule has 0 saturated carbocycles. The Morgan fingerprint density at radius 2 is 1.23 bits per heavy atom. The third kappa shape index (κ3) is 23.1. The molecule has 1 fully saturated rings. The maximum absolute atomic E-state index is 13.1. The lowest BCUT2D eigenvalue weighted by Gasteiger charge is -2.35. The Labute approximate surface area is 316 Å². The van der Waals surface area contributed by atoms with Crippen LogP contribution >= 0.6 is 8.38 Å². The average Bonchev–Trinajstić information content (AvgIpc) is 3.09. The van der Waals surface area contributed by atoms with Crippen molar-refractivity contribution in [3.63, 3.8) is 0 Å². The predicted molar refractivity (Wildman–Crippen MR) is 208 cm³/mol. The molecule has 0 radical (unpaired) electrons. The minimum absolute atomic E-state index is 0.173. The first-order valence-corrected chi connectivity index (χ1v) is 21.0. The van der Waals surface area contributed by atoms with Crippen molar-refractivity contribution in [2.75, 3.05) is 105 Å². The van der Waals surface area contributed by atoms with Gasteiger partial charge in [-0.1, -0.05) is 70.4 Å². The molecule has 13 heteroatoms. The van der Waals surface area contributed by atoms with Crippen LogP contribution in [0.25, 0.3) is 0 Å². The Morgan fingerprint density at radius 3 is 1.77 bits per heavy atom. The summed E-state index contributed by atoms with van der Waals surface area (Å²) in [5.41, 5.74) is 0.482. The average molecular weight is 755 g/mol. The van der Waals surface area contributed by atoms with Gasteiger partial charge in [0.2, 0.25) is 0 Å². The molecule has 1 saturated heterocycles. The van der Waals surface area contributed by atoms with E-state index in [2.05, 4.69) is 40.4 Å². The van der Waals surface area contributed by atoms with Crippen LogP contribution in [0.1, 0.15) is 85.6 Å². The van der Waals surface area contributed by atoms with E-state index < -0.39 is 20.1 Å². The van der Waals surface area contributed by atoms with Crippen LogP contribution in [0.15, 0.2) is 30.3 Å². The summed E-state index contributed by atoms with van der Waals surface area (Å²) in [6.45, 7) is 20.4. The van der Waals surface area contributed by atoms with Crippen molar-refractivity contribution in [3.8, 4) is 0 Å². The van der Waals surface area contributed by atoms with Crippen LogP contribution in [0.5, 0.6) is 0 Å². The Balaban J connectivity index is 2.23. The number of aliphatic hydroxyl groups is 1. The third-order valence-corrected chi connectivity index (χ3v) is 10.1. The number of rotatable bonds is 23. The molecule has 0 aliphatic carbocycles. The highest BCUT2D eigenvalue weighted by Crippen LogP contribution is 2.39. The molecule has 300 valence electrons. The highest BCUT2D eigenvalue weighted by Gasteiger charge is 2.25. The largest absolute Gasteiger partial charge is 0.465 e. The van der Waals surface area contributed by atoms with E-state index in [4.69, 9.17) is 23.3 Å². The molecule has 1 unspecified atom stereocenters. The molecular formula is C39H71N4O8P. The Bertz CT molecular complexity index is 1060. The minimum atomic E-state index is -1.12. The van der Waals surface area contributed by atoms with Crippen LogP contribution in [-0.4, -0.2) is 153 Å². The molecule has 1 aromatic rings. The molecule has 0 spiro atoms. The summed E-state index contributed by atoms with van der Waals surface area (Å²) >= 11 is 0. The van der Waals surface area contributed by atoms with Gasteiger partial charge in [-0.3, -0.25) is 29.2 Å². The predicted octanol–water partition coefficient (Wildman–Crippen LogP) is 5.37. The molecule has 2 rings (SSSR count). The molecule has 0 amide bonds. The fourth-order valence-electron chi connectivity index (χ4n) is 5.48. The number of nitrogens with zero attached hydrogens (tertiary/aromatic N) is 4. The summed E-state index contributed by atoms with van der Waals surface area (Å²) in [4.78, 5) is 34.8. The van der Waals surface area contributed by atoms with E-state index in [1.165, 1.54) is 0 Å². The van der Waals surface area contributed by atoms with Gasteiger partial charge in [0, 0.05) is 58.9 Å². The SMILES string of the molecule is CCCCOC(=O)CN1CCN(CC(O)COCc2ccccc2)CCN(CC(=O)OC(C)(C)C)CCN(CP(OCCCC)OCCCC)CC1. The lowest BCUT2D eigenvalue weighted by Crippen LogP contribution is -2.49. The minimum Gasteiger partial charge on any atom is -0.465 e. The van der Waals surface area contributed by atoms with Crippen LogP contribution in [0, 0.1) is 0 Å². The molecule has 1 aliphatic heterocycles. The zero-order valence-corrected chi connectivity index (χ0v) is 34.2. The smallest absolute Gasteiger partial charge is 0.320 e. The molecule has 1 aliphatic rings. The third-order valence-electron chi connectivity index (χ3n) is 8.49. The van der Waals surface area contributed by atoms with E-state index >= 15 is 0 Å². The fraction of sp³-hybridized carbons (Fsp3) is 0.795. The van der Waals surface area contributed by atoms with Crippen LogP contribution in [0.4, 0.5) is 0 Å². The van der Waals surface area contributed by atoms with E-state index in [1.807, 2.05) is 51.1 Å². The Hall–Kier alpha value is -1.73. The number of aliphatic hydroxyl groups excluding tert-OH is 1. The lowest BCUT2D eigenvalue weighted by atomic mass is 10.2. The quantitative estimate of drug-likeness (QED) is 0.0881. The van der Waals surface area contributed by atoms with Crippen molar-refractivity contribution < 1.29 is 38.0 Å². The van der Waals surface area contributed by atoms with E-state index in [0.29, 0.717) is 91.6 Å². The highest BCUT2D eigenvalue weighted by molar-refractivity contribution is 7.47. The Morgan fingerprint density at radius 1 is 0.731 bits per heavy atom. The van der Waals surface area contributed by atoms with Crippen molar-refractivity contribution in [2.24, 2.45) is 0 Å². The zero-order valence-electron chi connectivity index (χ0n) is 33.3. The number of esters is 2. The van der Waals surface area contributed by atoms with Gasteiger partial charge in [0.25, 0.3) is 0 Å². The maximum atomic E-state index is 13.1. The van der Waals surface area contributed by atoms with Crippen molar-refractivity contribution in [3.05, 3.63) is 35.9 Å². The monoisotopic (exact) mass is 755 g/mol. The number of carbonyl (C=O) groups is 2.